The lowest BCUT2D eigenvalue weighted by molar-refractivity contribution is 0.00684. The largest absolute Gasteiger partial charge is 0.456 e. The minimum absolute atomic E-state index is 0.321. The van der Waals surface area contributed by atoms with E-state index in [2.05, 4.69) is 0 Å². The summed E-state index contributed by atoms with van der Waals surface area (Å²) in [6.45, 7) is 11.9. The molecule has 21 heavy (non-hydrogen) atoms. The first kappa shape index (κ1) is 17.7. The number of benzene rings is 1. The van der Waals surface area contributed by atoms with Crippen molar-refractivity contribution in [3.63, 3.8) is 0 Å². The van der Waals surface area contributed by atoms with Gasteiger partial charge in [0.2, 0.25) is 0 Å². The fourth-order valence-corrected chi connectivity index (χ4v) is 1.79. The Balaban J connectivity index is 3.36. The minimum atomic E-state index is -1.11. The average molecular weight is 294 g/mol. The summed E-state index contributed by atoms with van der Waals surface area (Å²) in [5.41, 5.74) is -1.39. The first-order valence-electron chi connectivity index (χ1n) is 7.04. The van der Waals surface area contributed by atoms with E-state index in [1.807, 2.05) is 0 Å². The molecular formula is C17H26O4. The number of esters is 1. The van der Waals surface area contributed by atoms with Crippen molar-refractivity contribution < 1.29 is 19.7 Å². The molecule has 0 aliphatic carbocycles. The lowest BCUT2D eigenvalue weighted by Crippen LogP contribution is -2.26. The minimum Gasteiger partial charge on any atom is -0.456 e. The second-order valence-corrected chi connectivity index (χ2v) is 7.42. The normalized spacial score (nSPS) is 13.2. The maximum Gasteiger partial charge on any atom is 0.338 e. The predicted octanol–water partition coefficient (Wildman–Crippen LogP) is 3.10. The van der Waals surface area contributed by atoms with Crippen LogP contribution in [0.1, 0.15) is 70.0 Å². The standard InChI is InChI=1S/C17H26O4/c1-15(2,3)21-14(18)11-8-12(16(4,5)19)10-13(9-11)17(6,7)20/h8-10,19-20H,1-7H3. The van der Waals surface area contributed by atoms with Crippen LogP contribution in [0.5, 0.6) is 0 Å². The maximum absolute atomic E-state index is 12.2. The highest BCUT2D eigenvalue weighted by atomic mass is 16.6. The van der Waals surface area contributed by atoms with Crippen LogP contribution in [0.25, 0.3) is 0 Å². The molecule has 0 bridgehead atoms. The third-order valence-electron chi connectivity index (χ3n) is 2.98. The molecule has 1 aromatic rings. The van der Waals surface area contributed by atoms with Crippen LogP contribution in [0.2, 0.25) is 0 Å². The van der Waals surface area contributed by atoms with Crippen molar-refractivity contribution in [3.05, 3.63) is 34.9 Å². The molecule has 0 spiro atoms. The zero-order chi connectivity index (χ0) is 16.6. The van der Waals surface area contributed by atoms with Crippen molar-refractivity contribution in [1.82, 2.24) is 0 Å². The van der Waals surface area contributed by atoms with Crippen LogP contribution in [0.4, 0.5) is 0 Å². The van der Waals surface area contributed by atoms with Crippen LogP contribution in [-0.2, 0) is 15.9 Å². The number of hydrogen-bond donors (Lipinski definition) is 2. The van der Waals surface area contributed by atoms with Gasteiger partial charge in [-0.05, 0) is 71.7 Å². The molecule has 0 radical (unpaired) electrons. The van der Waals surface area contributed by atoms with Gasteiger partial charge in [-0.25, -0.2) is 4.79 Å². The van der Waals surface area contributed by atoms with E-state index in [-0.39, 0.29) is 0 Å². The van der Waals surface area contributed by atoms with Crippen molar-refractivity contribution in [2.45, 2.75) is 65.3 Å². The van der Waals surface area contributed by atoms with Gasteiger partial charge < -0.3 is 14.9 Å². The van der Waals surface area contributed by atoms with E-state index in [4.69, 9.17) is 4.74 Å². The molecule has 1 rings (SSSR count). The Bertz CT molecular complexity index is 493. The molecule has 0 saturated carbocycles. The number of hydrogen-bond acceptors (Lipinski definition) is 4. The van der Waals surface area contributed by atoms with Gasteiger partial charge in [0.15, 0.2) is 0 Å². The van der Waals surface area contributed by atoms with Crippen LogP contribution >= 0.6 is 0 Å². The van der Waals surface area contributed by atoms with E-state index in [1.165, 1.54) is 0 Å². The number of carbonyl (C=O) groups excluding carboxylic acids is 1. The van der Waals surface area contributed by atoms with Gasteiger partial charge in [0.1, 0.15) is 5.60 Å². The predicted molar refractivity (Wildman–Crippen MR) is 82.1 cm³/mol. The Morgan fingerprint density at radius 3 is 1.52 bits per heavy atom. The van der Waals surface area contributed by atoms with Crippen LogP contribution in [0.15, 0.2) is 18.2 Å². The number of carbonyl (C=O) groups is 1. The number of aliphatic hydroxyl groups is 2. The van der Waals surface area contributed by atoms with Crippen LogP contribution in [0.3, 0.4) is 0 Å². The number of rotatable bonds is 3. The smallest absolute Gasteiger partial charge is 0.338 e. The highest BCUT2D eigenvalue weighted by molar-refractivity contribution is 5.90. The van der Waals surface area contributed by atoms with Crippen LogP contribution < -0.4 is 0 Å². The molecule has 0 aliphatic heterocycles. The second-order valence-electron chi connectivity index (χ2n) is 7.42. The molecule has 1 aromatic carbocycles. The van der Waals surface area contributed by atoms with Crippen molar-refractivity contribution in [1.29, 1.82) is 0 Å². The van der Waals surface area contributed by atoms with E-state index in [9.17, 15) is 15.0 Å². The molecule has 4 heteroatoms. The molecular weight excluding hydrogens is 268 g/mol. The topological polar surface area (TPSA) is 66.8 Å². The van der Waals surface area contributed by atoms with Gasteiger partial charge in [0, 0.05) is 0 Å². The lowest BCUT2D eigenvalue weighted by atomic mass is 9.89. The van der Waals surface area contributed by atoms with Gasteiger partial charge in [0.05, 0.1) is 16.8 Å². The van der Waals surface area contributed by atoms with Crippen molar-refractivity contribution in [3.8, 4) is 0 Å². The summed E-state index contributed by atoms with van der Waals surface area (Å²) in [5, 5.41) is 20.4. The molecule has 0 amide bonds. The summed E-state index contributed by atoms with van der Waals surface area (Å²) in [7, 11) is 0. The highest BCUT2D eigenvalue weighted by Gasteiger charge is 2.26. The van der Waals surface area contributed by atoms with Gasteiger partial charge in [0.25, 0.3) is 0 Å². The van der Waals surface area contributed by atoms with E-state index < -0.39 is 22.8 Å². The zero-order valence-corrected chi connectivity index (χ0v) is 13.9. The summed E-state index contributed by atoms with van der Waals surface area (Å²) in [6.07, 6.45) is 0. The molecule has 0 aliphatic rings. The molecule has 4 nitrogen and oxygen atoms in total. The first-order chi connectivity index (χ1) is 9.20. The van der Waals surface area contributed by atoms with E-state index in [0.29, 0.717) is 16.7 Å². The van der Waals surface area contributed by atoms with Crippen LogP contribution in [0, 0.1) is 0 Å². The first-order valence-corrected chi connectivity index (χ1v) is 7.04. The van der Waals surface area contributed by atoms with Crippen LogP contribution in [-0.4, -0.2) is 21.8 Å². The van der Waals surface area contributed by atoms with Gasteiger partial charge >= 0.3 is 5.97 Å². The summed E-state index contributed by atoms with van der Waals surface area (Å²) in [5.74, 6) is -0.473. The summed E-state index contributed by atoms with van der Waals surface area (Å²) in [6, 6.07) is 4.90. The van der Waals surface area contributed by atoms with Crippen molar-refractivity contribution >= 4 is 5.97 Å². The van der Waals surface area contributed by atoms with E-state index >= 15 is 0 Å². The molecule has 0 fully saturated rings. The quantitative estimate of drug-likeness (QED) is 0.841. The van der Waals surface area contributed by atoms with Crippen molar-refractivity contribution in [2.24, 2.45) is 0 Å². The molecule has 0 unspecified atom stereocenters. The lowest BCUT2D eigenvalue weighted by Gasteiger charge is -2.25. The molecule has 0 atom stereocenters. The molecule has 118 valence electrons. The third kappa shape index (κ3) is 5.14. The number of ether oxygens (including phenoxy) is 1. The highest BCUT2D eigenvalue weighted by Crippen LogP contribution is 2.28. The molecule has 0 heterocycles. The Kier molecular flexibility index (Phi) is 4.56. The molecule has 0 aromatic heterocycles. The maximum atomic E-state index is 12.2. The summed E-state index contributed by atoms with van der Waals surface area (Å²) < 4.78 is 5.36. The SMILES string of the molecule is CC(C)(C)OC(=O)c1cc(C(C)(C)O)cc(C(C)(C)O)c1. The monoisotopic (exact) mass is 294 g/mol. The van der Waals surface area contributed by atoms with Gasteiger partial charge in [-0.3, -0.25) is 0 Å². The van der Waals surface area contributed by atoms with E-state index in [0.717, 1.165) is 0 Å². The average Bonchev–Trinajstić information content (AvgIpc) is 2.23. The molecule has 0 saturated heterocycles. The Morgan fingerprint density at radius 2 is 1.24 bits per heavy atom. The van der Waals surface area contributed by atoms with Gasteiger partial charge in [-0.1, -0.05) is 6.07 Å². The molecule has 2 N–H and O–H groups in total. The second kappa shape index (κ2) is 5.43. The Morgan fingerprint density at radius 1 is 0.857 bits per heavy atom. The zero-order valence-electron chi connectivity index (χ0n) is 13.9. The summed E-state index contributed by atoms with van der Waals surface area (Å²) in [4.78, 5) is 12.2. The fourth-order valence-electron chi connectivity index (χ4n) is 1.79. The van der Waals surface area contributed by atoms with Gasteiger partial charge in [-0.15, -0.1) is 0 Å². The Labute approximate surface area is 126 Å². The summed E-state index contributed by atoms with van der Waals surface area (Å²) >= 11 is 0. The fraction of sp³-hybridized carbons (Fsp3) is 0.588. The van der Waals surface area contributed by atoms with E-state index in [1.54, 1.807) is 66.7 Å². The van der Waals surface area contributed by atoms with Gasteiger partial charge in [-0.2, -0.15) is 0 Å². The van der Waals surface area contributed by atoms with Crippen molar-refractivity contribution in [2.75, 3.05) is 0 Å². The Hall–Kier alpha value is -1.39. The third-order valence-corrected chi connectivity index (χ3v) is 2.98.